The van der Waals surface area contributed by atoms with E-state index in [1.807, 2.05) is 0 Å². The molecule has 1 aliphatic rings. The maximum atomic E-state index is 10.9. The van der Waals surface area contributed by atoms with Crippen molar-refractivity contribution in [1.29, 1.82) is 0 Å². The molecule has 2 nitrogen and oxygen atoms in total. The summed E-state index contributed by atoms with van der Waals surface area (Å²) in [4.78, 5) is 13.3. The molecular formula is C14H27NO. The smallest absolute Gasteiger partial charge is 0.137 e. The van der Waals surface area contributed by atoms with Gasteiger partial charge in [-0.25, -0.2) is 0 Å². The summed E-state index contributed by atoms with van der Waals surface area (Å²) in [5, 5.41) is 0. The number of hydrogen-bond acceptors (Lipinski definition) is 2. The molecule has 0 aromatic rings. The fourth-order valence-corrected chi connectivity index (χ4v) is 2.54. The third-order valence-corrected chi connectivity index (χ3v) is 3.62. The first-order valence-corrected chi connectivity index (χ1v) is 7.08. The average Bonchev–Trinajstić information content (AvgIpc) is 2.34. The summed E-state index contributed by atoms with van der Waals surface area (Å²) in [6.07, 6.45) is 12.8. The molecule has 1 heterocycles. The van der Waals surface area contributed by atoms with Gasteiger partial charge in [0.15, 0.2) is 0 Å². The lowest BCUT2D eigenvalue weighted by Crippen LogP contribution is -2.40. The highest BCUT2D eigenvalue weighted by Crippen LogP contribution is 2.16. The number of hydrogen-bond donors (Lipinski definition) is 0. The predicted molar refractivity (Wildman–Crippen MR) is 68.7 cm³/mol. The minimum Gasteiger partial charge on any atom is -0.302 e. The van der Waals surface area contributed by atoms with Gasteiger partial charge in [-0.2, -0.15) is 0 Å². The van der Waals surface area contributed by atoms with Crippen molar-refractivity contribution in [2.24, 2.45) is 0 Å². The normalized spacial score (nSPS) is 22.2. The van der Waals surface area contributed by atoms with Crippen LogP contribution in [0.2, 0.25) is 0 Å². The van der Waals surface area contributed by atoms with E-state index in [2.05, 4.69) is 11.8 Å². The third-order valence-electron chi connectivity index (χ3n) is 3.62. The number of nitrogens with zero attached hydrogens (tertiary/aromatic N) is 1. The topological polar surface area (TPSA) is 20.3 Å². The van der Waals surface area contributed by atoms with E-state index in [4.69, 9.17) is 0 Å². The average molecular weight is 225 g/mol. The van der Waals surface area contributed by atoms with E-state index in [-0.39, 0.29) is 6.04 Å². The van der Waals surface area contributed by atoms with Gasteiger partial charge >= 0.3 is 0 Å². The molecule has 0 aromatic heterocycles. The Balaban J connectivity index is 2.04. The summed E-state index contributed by atoms with van der Waals surface area (Å²) >= 11 is 0. The molecule has 1 atom stereocenters. The second-order valence-electron chi connectivity index (χ2n) is 5.00. The Labute approximate surface area is 100 Å². The number of carbonyl (C=O) groups is 1. The molecule has 0 spiro atoms. The van der Waals surface area contributed by atoms with Gasteiger partial charge in [-0.15, -0.1) is 0 Å². The maximum Gasteiger partial charge on any atom is 0.137 e. The van der Waals surface area contributed by atoms with Crippen LogP contribution in [-0.4, -0.2) is 30.3 Å². The van der Waals surface area contributed by atoms with Crippen molar-refractivity contribution in [1.82, 2.24) is 4.90 Å². The van der Waals surface area contributed by atoms with E-state index in [0.717, 1.165) is 25.8 Å². The van der Waals surface area contributed by atoms with Gasteiger partial charge in [0, 0.05) is 0 Å². The Hall–Kier alpha value is -0.370. The highest BCUT2D eigenvalue weighted by atomic mass is 16.1. The van der Waals surface area contributed by atoms with Gasteiger partial charge in [0.2, 0.25) is 0 Å². The van der Waals surface area contributed by atoms with Crippen molar-refractivity contribution in [3.8, 4) is 0 Å². The van der Waals surface area contributed by atoms with Crippen molar-refractivity contribution in [3.05, 3.63) is 0 Å². The van der Waals surface area contributed by atoms with Crippen LogP contribution in [0, 0.1) is 0 Å². The fourth-order valence-electron chi connectivity index (χ4n) is 2.54. The molecule has 94 valence electrons. The van der Waals surface area contributed by atoms with Gasteiger partial charge in [-0.05, 0) is 32.4 Å². The van der Waals surface area contributed by atoms with Crippen LogP contribution < -0.4 is 0 Å². The SMILES string of the molecule is CCCCCCCCN1CCCCC1C=O. The Kier molecular flexibility index (Phi) is 7.48. The number of carbonyl (C=O) groups excluding carboxylic acids is 1. The molecule has 0 radical (unpaired) electrons. The molecule has 1 unspecified atom stereocenters. The summed E-state index contributed by atoms with van der Waals surface area (Å²) in [6.45, 7) is 4.52. The van der Waals surface area contributed by atoms with E-state index in [9.17, 15) is 4.79 Å². The van der Waals surface area contributed by atoms with Crippen molar-refractivity contribution >= 4 is 6.29 Å². The third kappa shape index (κ3) is 5.11. The minimum atomic E-state index is 0.226. The van der Waals surface area contributed by atoms with E-state index in [1.54, 1.807) is 0 Å². The van der Waals surface area contributed by atoms with Gasteiger partial charge in [-0.3, -0.25) is 4.90 Å². The molecule has 0 saturated carbocycles. The van der Waals surface area contributed by atoms with Crippen LogP contribution in [0.5, 0.6) is 0 Å². The maximum absolute atomic E-state index is 10.9. The summed E-state index contributed by atoms with van der Waals surface area (Å²) in [6, 6.07) is 0.226. The lowest BCUT2D eigenvalue weighted by Gasteiger charge is -2.32. The first-order valence-electron chi connectivity index (χ1n) is 7.08. The zero-order valence-electron chi connectivity index (χ0n) is 10.8. The molecule has 1 rings (SSSR count). The Bertz CT molecular complexity index is 182. The number of likely N-dealkylation sites (tertiary alicyclic amines) is 1. The minimum absolute atomic E-state index is 0.226. The Morgan fingerprint density at radius 3 is 2.62 bits per heavy atom. The van der Waals surface area contributed by atoms with Crippen LogP contribution >= 0.6 is 0 Å². The van der Waals surface area contributed by atoms with Gasteiger partial charge in [-0.1, -0.05) is 45.4 Å². The van der Waals surface area contributed by atoms with Crippen molar-refractivity contribution in [2.75, 3.05) is 13.1 Å². The molecule has 0 aromatic carbocycles. The van der Waals surface area contributed by atoms with E-state index in [1.165, 1.54) is 51.4 Å². The van der Waals surface area contributed by atoms with E-state index >= 15 is 0 Å². The standard InChI is InChI=1S/C14H27NO/c1-2-3-4-5-6-8-11-15-12-9-7-10-14(15)13-16/h13-14H,2-12H2,1H3. The largest absolute Gasteiger partial charge is 0.302 e. The van der Waals surface area contributed by atoms with Gasteiger partial charge < -0.3 is 4.79 Å². The summed E-state index contributed by atoms with van der Waals surface area (Å²) in [5.74, 6) is 0. The highest BCUT2D eigenvalue weighted by molar-refractivity contribution is 5.57. The molecule has 0 amide bonds. The first-order chi connectivity index (χ1) is 7.88. The quantitative estimate of drug-likeness (QED) is 0.466. The molecule has 0 aliphatic carbocycles. The zero-order valence-corrected chi connectivity index (χ0v) is 10.8. The molecule has 2 heteroatoms. The highest BCUT2D eigenvalue weighted by Gasteiger charge is 2.20. The van der Waals surface area contributed by atoms with Crippen LogP contribution in [0.3, 0.4) is 0 Å². The van der Waals surface area contributed by atoms with Crippen LogP contribution in [-0.2, 0) is 4.79 Å². The van der Waals surface area contributed by atoms with Gasteiger partial charge in [0.05, 0.1) is 6.04 Å². The summed E-state index contributed by atoms with van der Waals surface area (Å²) in [7, 11) is 0. The van der Waals surface area contributed by atoms with Crippen molar-refractivity contribution in [2.45, 2.75) is 70.8 Å². The molecule has 16 heavy (non-hydrogen) atoms. The molecule has 0 N–H and O–H groups in total. The van der Waals surface area contributed by atoms with Crippen LogP contribution in [0.4, 0.5) is 0 Å². The van der Waals surface area contributed by atoms with Crippen molar-refractivity contribution in [3.63, 3.8) is 0 Å². The number of rotatable bonds is 8. The van der Waals surface area contributed by atoms with E-state index < -0.39 is 0 Å². The summed E-state index contributed by atoms with van der Waals surface area (Å²) < 4.78 is 0. The molecule has 1 fully saturated rings. The van der Waals surface area contributed by atoms with Crippen LogP contribution in [0.15, 0.2) is 0 Å². The van der Waals surface area contributed by atoms with Crippen molar-refractivity contribution < 1.29 is 4.79 Å². The number of aldehydes is 1. The Morgan fingerprint density at radius 2 is 1.88 bits per heavy atom. The second kappa shape index (κ2) is 8.74. The molecule has 1 aliphatic heterocycles. The zero-order chi connectivity index (χ0) is 11.6. The van der Waals surface area contributed by atoms with Crippen LogP contribution in [0.1, 0.15) is 64.7 Å². The first kappa shape index (κ1) is 13.7. The van der Waals surface area contributed by atoms with Gasteiger partial charge in [0.25, 0.3) is 0 Å². The summed E-state index contributed by atoms with van der Waals surface area (Å²) in [5.41, 5.74) is 0. The number of unbranched alkanes of at least 4 members (excludes halogenated alkanes) is 5. The second-order valence-corrected chi connectivity index (χ2v) is 5.00. The number of piperidine rings is 1. The van der Waals surface area contributed by atoms with Crippen LogP contribution in [0.25, 0.3) is 0 Å². The monoisotopic (exact) mass is 225 g/mol. The lowest BCUT2D eigenvalue weighted by molar-refractivity contribution is -0.113. The molecular weight excluding hydrogens is 198 g/mol. The predicted octanol–water partition coefficient (Wildman–Crippen LogP) is 3.40. The van der Waals surface area contributed by atoms with Gasteiger partial charge in [0.1, 0.15) is 6.29 Å². The Morgan fingerprint density at radius 1 is 1.12 bits per heavy atom. The fraction of sp³-hybridized carbons (Fsp3) is 0.929. The lowest BCUT2D eigenvalue weighted by atomic mass is 10.0. The molecule has 0 bridgehead atoms. The molecule has 1 saturated heterocycles. The van der Waals surface area contributed by atoms with E-state index in [0.29, 0.717) is 0 Å².